The van der Waals surface area contributed by atoms with Crippen LogP contribution in [-0.4, -0.2) is 30.9 Å². The second-order valence-electron chi connectivity index (χ2n) is 4.98. The van der Waals surface area contributed by atoms with Crippen molar-refractivity contribution in [1.29, 1.82) is 0 Å². The molecule has 5 heteroatoms. The molecule has 1 saturated heterocycles. The number of benzene rings is 1. The predicted octanol–water partition coefficient (Wildman–Crippen LogP) is 2.13. The fourth-order valence-electron chi connectivity index (χ4n) is 2.41. The van der Waals surface area contributed by atoms with Crippen molar-refractivity contribution in [2.75, 3.05) is 13.1 Å². The summed E-state index contributed by atoms with van der Waals surface area (Å²) >= 11 is 0. The van der Waals surface area contributed by atoms with Gasteiger partial charge in [0.15, 0.2) is 0 Å². The summed E-state index contributed by atoms with van der Waals surface area (Å²) in [6, 6.07) is 6.58. The van der Waals surface area contributed by atoms with Gasteiger partial charge in [-0.25, -0.2) is 8.42 Å². The Morgan fingerprint density at radius 3 is 2.32 bits per heavy atom. The van der Waals surface area contributed by atoms with Gasteiger partial charge in [-0.05, 0) is 30.5 Å². The van der Waals surface area contributed by atoms with E-state index in [9.17, 15) is 8.42 Å². The maximum Gasteiger partial charge on any atom is 0.243 e. The van der Waals surface area contributed by atoms with Crippen LogP contribution in [0.25, 0.3) is 0 Å². The molecule has 0 radical (unpaired) electrons. The minimum Gasteiger partial charge on any atom is -0.392 e. The summed E-state index contributed by atoms with van der Waals surface area (Å²) in [6.07, 6.45) is 5.26. The highest BCUT2D eigenvalue weighted by Crippen LogP contribution is 2.20. The van der Waals surface area contributed by atoms with E-state index in [1.165, 1.54) is 6.42 Å². The molecule has 0 unspecified atom stereocenters. The third-order valence-corrected chi connectivity index (χ3v) is 5.43. The average molecular weight is 283 g/mol. The molecule has 0 amide bonds. The summed E-state index contributed by atoms with van der Waals surface area (Å²) in [5.41, 5.74) is 0.633. The predicted molar refractivity (Wildman–Crippen MR) is 74.2 cm³/mol. The van der Waals surface area contributed by atoms with Crippen LogP contribution in [0, 0.1) is 0 Å². The number of hydrogen-bond donors (Lipinski definition) is 1. The van der Waals surface area contributed by atoms with Crippen molar-refractivity contribution < 1.29 is 13.5 Å². The van der Waals surface area contributed by atoms with Gasteiger partial charge in [0.1, 0.15) is 0 Å². The van der Waals surface area contributed by atoms with Crippen molar-refractivity contribution in [3.63, 3.8) is 0 Å². The topological polar surface area (TPSA) is 57.6 Å². The Morgan fingerprint density at radius 2 is 1.68 bits per heavy atom. The lowest BCUT2D eigenvalue weighted by Crippen LogP contribution is -2.33. The van der Waals surface area contributed by atoms with Crippen LogP contribution >= 0.6 is 0 Å². The maximum atomic E-state index is 12.6. The molecule has 1 aliphatic rings. The minimum atomic E-state index is -3.41. The molecule has 0 atom stereocenters. The summed E-state index contributed by atoms with van der Waals surface area (Å²) in [7, 11) is -3.41. The lowest BCUT2D eigenvalue weighted by atomic mass is 10.1. The second kappa shape index (κ2) is 6.50. The highest BCUT2D eigenvalue weighted by Gasteiger charge is 2.24. The van der Waals surface area contributed by atoms with Crippen molar-refractivity contribution >= 4 is 10.0 Å². The van der Waals surface area contributed by atoms with Crippen LogP contribution in [0.1, 0.15) is 37.7 Å². The molecule has 0 aromatic heterocycles. The van der Waals surface area contributed by atoms with Gasteiger partial charge < -0.3 is 5.11 Å². The van der Waals surface area contributed by atoms with E-state index in [1.54, 1.807) is 28.6 Å². The van der Waals surface area contributed by atoms with Gasteiger partial charge in [-0.2, -0.15) is 4.31 Å². The SMILES string of the molecule is O=S(=O)(c1cccc(CO)c1)N1CCCCCCC1. The van der Waals surface area contributed by atoms with Crippen molar-refractivity contribution in [1.82, 2.24) is 4.31 Å². The molecular formula is C14H21NO3S. The number of rotatable bonds is 3. The van der Waals surface area contributed by atoms with Crippen LogP contribution < -0.4 is 0 Å². The van der Waals surface area contributed by atoms with E-state index >= 15 is 0 Å². The largest absolute Gasteiger partial charge is 0.392 e. The second-order valence-corrected chi connectivity index (χ2v) is 6.92. The zero-order valence-corrected chi connectivity index (χ0v) is 11.9. The first kappa shape index (κ1) is 14.5. The first-order valence-electron chi connectivity index (χ1n) is 6.84. The molecule has 1 aromatic rings. The molecule has 1 N–H and O–H groups in total. The van der Waals surface area contributed by atoms with Gasteiger partial charge in [0, 0.05) is 13.1 Å². The Labute approximate surface area is 115 Å². The van der Waals surface area contributed by atoms with Crippen molar-refractivity contribution in [3.05, 3.63) is 29.8 Å². The summed E-state index contributed by atoms with van der Waals surface area (Å²) < 4.78 is 26.7. The van der Waals surface area contributed by atoms with E-state index in [4.69, 9.17) is 5.11 Å². The first-order valence-corrected chi connectivity index (χ1v) is 8.28. The normalized spacial score (nSPS) is 18.8. The minimum absolute atomic E-state index is 0.136. The lowest BCUT2D eigenvalue weighted by molar-refractivity contribution is 0.281. The first-order chi connectivity index (χ1) is 9.14. The molecule has 106 valence electrons. The molecule has 2 rings (SSSR count). The lowest BCUT2D eigenvalue weighted by Gasteiger charge is -2.24. The molecule has 19 heavy (non-hydrogen) atoms. The van der Waals surface area contributed by atoms with E-state index in [0.29, 0.717) is 23.5 Å². The Hall–Kier alpha value is -0.910. The third-order valence-electron chi connectivity index (χ3n) is 3.53. The fraction of sp³-hybridized carbons (Fsp3) is 0.571. The average Bonchev–Trinajstić information content (AvgIpc) is 2.38. The number of sulfonamides is 1. The molecule has 0 spiro atoms. The third kappa shape index (κ3) is 3.55. The zero-order valence-electron chi connectivity index (χ0n) is 11.1. The summed E-state index contributed by atoms with van der Waals surface area (Å²) in [4.78, 5) is 0.291. The fourth-order valence-corrected chi connectivity index (χ4v) is 4.00. The van der Waals surface area contributed by atoms with Crippen LogP contribution in [0.4, 0.5) is 0 Å². The Kier molecular flexibility index (Phi) is 4.96. The van der Waals surface area contributed by atoms with Crippen LogP contribution in [0.5, 0.6) is 0 Å². The van der Waals surface area contributed by atoms with Gasteiger partial charge in [0.2, 0.25) is 10.0 Å². The molecule has 0 bridgehead atoms. The van der Waals surface area contributed by atoms with E-state index < -0.39 is 10.0 Å². The van der Waals surface area contributed by atoms with E-state index in [1.807, 2.05) is 0 Å². The smallest absolute Gasteiger partial charge is 0.243 e. The summed E-state index contributed by atoms with van der Waals surface area (Å²) in [5, 5.41) is 9.11. The van der Waals surface area contributed by atoms with E-state index in [0.717, 1.165) is 25.7 Å². The number of nitrogens with zero attached hydrogens (tertiary/aromatic N) is 1. The quantitative estimate of drug-likeness (QED) is 0.924. The van der Waals surface area contributed by atoms with Crippen molar-refractivity contribution in [3.8, 4) is 0 Å². The number of aliphatic hydroxyl groups is 1. The standard InChI is InChI=1S/C14H21NO3S/c16-12-13-7-6-8-14(11-13)19(17,18)15-9-4-2-1-3-5-10-15/h6-8,11,16H,1-5,9-10,12H2. The highest BCUT2D eigenvalue weighted by atomic mass is 32.2. The van der Waals surface area contributed by atoms with Crippen LogP contribution in [-0.2, 0) is 16.6 Å². The molecule has 1 aromatic carbocycles. The summed E-state index contributed by atoms with van der Waals surface area (Å²) in [6.45, 7) is 1.07. The molecule has 1 aliphatic heterocycles. The van der Waals surface area contributed by atoms with Gasteiger partial charge in [0.05, 0.1) is 11.5 Å². The van der Waals surface area contributed by atoms with Gasteiger partial charge in [-0.3, -0.25) is 0 Å². The summed E-state index contributed by atoms with van der Waals surface area (Å²) in [5.74, 6) is 0. The molecule has 1 heterocycles. The molecule has 1 fully saturated rings. The van der Waals surface area contributed by atoms with Crippen LogP contribution in [0.3, 0.4) is 0 Å². The van der Waals surface area contributed by atoms with Gasteiger partial charge in [0.25, 0.3) is 0 Å². The van der Waals surface area contributed by atoms with Gasteiger partial charge >= 0.3 is 0 Å². The molecule has 0 saturated carbocycles. The van der Waals surface area contributed by atoms with Gasteiger partial charge in [-0.1, -0.05) is 31.4 Å². The van der Waals surface area contributed by atoms with Crippen LogP contribution in [0.15, 0.2) is 29.2 Å². The van der Waals surface area contributed by atoms with Crippen LogP contribution in [0.2, 0.25) is 0 Å². The zero-order chi connectivity index (χ0) is 13.7. The maximum absolute atomic E-state index is 12.6. The van der Waals surface area contributed by atoms with Crippen molar-refractivity contribution in [2.24, 2.45) is 0 Å². The Bertz CT molecular complexity index is 505. The monoisotopic (exact) mass is 283 g/mol. The number of aliphatic hydroxyl groups excluding tert-OH is 1. The van der Waals surface area contributed by atoms with E-state index in [2.05, 4.69) is 0 Å². The van der Waals surface area contributed by atoms with Gasteiger partial charge in [-0.15, -0.1) is 0 Å². The highest BCUT2D eigenvalue weighted by molar-refractivity contribution is 7.89. The van der Waals surface area contributed by atoms with E-state index in [-0.39, 0.29) is 6.61 Å². The van der Waals surface area contributed by atoms with Crippen molar-refractivity contribution in [2.45, 2.75) is 43.6 Å². The Balaban J connectivity index is 2.23. The molecule has 0 aliphatic carbocycles. The molecule has 4 nitrogen and oxygen atoms in total. The Morgan fingerprint density at radius 1 is 1.05 bits per heavy atom. The molecular weight excluding hydrogens is 262 g/mol. The number of hydrogen-bond acceptors (Lipinski definition) is 3.